The quantitative estimate of drug-likeness (QED) is 0.287. The molecule has 7 nitrogen and oxygen atoms in total. The van der Waals surface area contributed by atoms with E-state index >= 15 is 0 Å². The number of hydrogen-bond donors (Lipinski definition) is 1. The van der Waals surface area contributed by atoms with Crippen LogP contribution in [0.3, 0.4) is 0 Å². The van der Waals surface area contributed by atoms with Crippen molar-refractivity contribution in [2.24, 2.45) is 0 Å². The van der Waals surface area contributed by atoms with Crippen LogP contribution in [0.2, 0.25) is 5.02 Å². The number of thioether (sulfide) groups is 1. The Morgan fingerprint density at radius 1 is 1.15 bits per heavy atom. The van der Waals surface area contributed by atoms with E-state index in [-0.39, 0.29) is 17.2 Å². The summed E-state index contributed by atoms with van der Waals surface area (Å²) in [5, 5.41) is 8.90. The zero-order valence-corrected chi connectivity index (χ0v) is 20.3. The van der Waals surface area contributed by atoms with Gasteiger partial charge in [0.2, 0.25) is 5.91 Å². The Bertz CT molecular complexity index is 1420. The van der Waals surface area contributed by atoms with Gasteiger partial charge in [-0.05, 0) is 49.6 Å². The van der Waals surface area contributed by atoms with Gasteiger partial charge in [-0.25, -0.2) is 9.67 Å². The fourth-order valence-electron chi connectivity index (χ4n) is 4.42. The number of nitrogens with zero attached hydrogens (tertiary/aromatic N) is 4. The second kappa shape index (κ2) is 9.64. The first-order valence-electron chi connectivity index (χ1n) is 11.3. The Morgan fingerprint density at radius 3 is 2.76 bits per heavy atom. The molecule has 1 saturated carbocycles. The average Bonchev–Trinajstić information content (AvgIpc) is 3.52. The van der Waals surface area contributed by atoms with Gasteiger partial charge in [-0.2, -0.15) is 5.10 Å². The molecular formula is C25H24ClN5O2S. The average molecular weight is 494 g/mol. The van der Waals surface area contributed by atoms with E-state index in [9.17, 15) is 9.59 Å². The zero-order chi connectivity index (χ0) is 23.7. The summed E-state index contributed by atoms with van der Waals surface area (Å²) in [4.78, 5) is 31.0. The van der Waals surface area contributed by atoms with Crippen molar-refractivity contribution in [1.29, 1.82) is 0 Å². The molecule has 1 aliphatic carbocycles. The minimum Gasteiger partial charge on any atom is -0.310 e. The van der Waals surface area contributed by atoms with Crippen molar-refractivity contribution in [3.63, 3.8) is 0 Å². The number of carbonyl (C=O) groups is 1. The Balaban J connectivity index is 1.45. The molecule has 2 aromatic carbocycles. The summed E-state index contributed by atoms with van der Waals surface area (Å²) in [6.07, 6.45) is 6.23. The van der Waals surface area contributed by atoms with Crippen LogP contribution >= 0.6 is 23.4 Å². The van der Waals surface area contributed by atoms with Crippen LogP contribution in [0, 0.1) is 6.92 Å². The lowest BCUT2D eigenvalue weighted by molar-refractivity contribution is -0.113. The number of halogens is 1. The highest BCUT2D eigenvalue weighted by Crippen LogP contribution is 2.31. The smallest absolute Gasteiger partial charge is 0.266 e. The molecule has 2 aromatic heterocycles. The topological polar surface area (TPSA) is 81.8 Å². The molecule has 174 valence electrons. The number of nitrogens with one attached hydrogen (secondary N) is 1. The molecular weight excluding hydrogens is 470 g/mol. The van der Waals surface area contributed by atoms with Crippen molar-refractivity contribution in [3.8, 4) is 5.69 Å². The first-order valence-corrected chi connectivity index (χ1v) is 12.6. The lowest BCUT2D eigenvalue weighted by Crippen LogP contribution is -2.24. The summed E-state index contributed by atoms with van der Waals surface area (Å²) >= 11 is 7.57. The Morgan fingerprint density at radius 2 is 1.94 bits per heavy atom. The van der Waals surface area contributed by atoms with Crippen LogP contribution in [0.5, 0.6) is 0 Å². The van der Waals surface area contributed by atoms with Crippen molar-refractivity contribution in [1.82, 2.24) is 19.3 Å². The number of aromatic nitrogens is 4. The van der Waals surface area contributed by atoms with Gasteiger partial charge in [0.05, 0.1) is 34.6 Å². The highest BCUT2D eigenvalue weighted by Gasteiger charge is 2.21. The lowest BCUT2D eigenvalue weighted by atomic mass is 10.2. The summed E-state index contributed by atoms with van der Waals surface area (Å²) in [5.74, 6) is 0.619. The molecule has 0 aliphatic heterocycles. The molecule has 5 rings (SSSR count). The molecule has 1 aliphatic rings. The van der Waals surface area contributed by atoms with Gasteiger partial charge < -0.3 is 5.32 Å². The van der Waals surface area contributed by atoms with E-state index in [0.29, 0.717) is 38.6 Å². The summed E-state index contributed by atoms with van der Waals surface area (Å²) in [7, 11) is 0. The molecule has 34 heavy (non-hydrogen) atoms. The molecule has 0 radical (unpaired) electrons. The van der Waals surface area contributed by atoms with Crippen molar-refractivity contribution in [3.05, 3.63) is 75.7 Å². The second-order valence-electron chi connectivity index (χ2n) is 8.37. The van der Waals surface area contributed by atoms with E-state index in [2.05, 4.69) is 10.4 Å². The number of carbonyl (C=O) groups excluding carboxylic acids is 1. The van der Waals surface area contributed by atoms with Gasteiger partial charge >= 0.3 is 0 Å². The molecule has 0 atom stereocenters. The summed E-state index contributed by atoms with van der Waals surface area (Å²) in [6.45, 7) is 1.87. The van der Waals surface area contributed by atoms with Gasteiger partial charge in [-0.15, -0.1) is 0 Å². The molecule has 0 saturated heterocycles. The van der Waals surface area contributed by atoms with Crippen LogP contribution in [0.25, 0.3) is 16.6 Å². The minimum absolute atomic E-state index is 0.0975. The number of anilines is 1. The molecule has 0 bridgehead atoms. The molecule has 0 spiro atoms. The standard InChI is InChI=1S/C25H24ClN5O2S/c1-16-19(26)10-6-12-21(16)30-24(33)18-9-4-5-11-20(18)28-25(30)34-15-23(32)29-22-13-14-27-31(22)17-7-2-3-8-17/h4-6,9-14,17H,2-3,7-8,15H2,1H3,(H,29,32). The van der Waals surface area contributed by atoms with Gasteiger partial charge in [-0.3, -0.25) is 14.2 Å². The molecule has 1 N–H and O–H groups in total. The molecule has 1 fully saturated rings. The highest BCUT2D eigenvalue weighted by atomic mass is 35.5. The number of benzene rings is 2. The van der Waals surface area contributed by atoms with E-state index in [1.807, 2.05) is 35.9 Å². The second-order valence-corrected chi connectivity index (χ2v) is 9.72. The monoisotopic (exact) mass is 493 g/mol. The molecule has 2 heterocycles. The third-order valence-corrected chi connectivity index (χ3v) is 7.51. The van der Waals surface area contributed by atoms with Crippen molar-refractivity contribution in [2.45, 2.75) is 43.8 Å². The Hall–Kier alpha value is -3.10. The predicted molar refractivity (Wildman–Crippen MR) is 136 cm³/mol. The number of rotatable bonds is 6. The first kappa shape index (κ1) is 22.7. The van der Waals surface area contributed by atoms with Crippen LogP contribution in [0.1, 0.15) is 37.3 Å². The molecule has 4 aromatic rings. The van der Waals surface area contributed by atoms with Crippen molar-refractivity contribution < 1.29 is 4.79 Å². The van der Waals surface area contributed by atoms with E-state index in [1.54, 1.807) is 35.0 Å². The minimum atomic E-state index is -0.196. The van der Waals surface area contributed by atoms with Gasteiger partial charge in [0.15, 0.2) is 5.16 Å². The number of para-hydroxylation sites is 1. The largest absolute Gasteiger partial charge is 0.310 e. The van der Waals surface area contributed by atoms with Gasteiger partial charge in [0.25, 0.3) is 5.56 Å². The van der Waals surface area contributed by atoms with E-state index in [4.69, 9.17) is 16.6 Å². The third-order valence-electron chi connectivity index (χ3n) is 6.17. The molecule has 1 amide bonds. The summed E-state index contributed by atoms with van der Waals surface area (Å²) < 4.78 is 3.46. The third kappa shape index (κ3) is 4.35. The fourth-order valence-corrected chi connectivity index (χ4v) is 5.40. The molecule has 9 heteroatoms. The van der Waals surface area contributed by atoms with Gasteiger partial charge in [-0.1, -0.05) is 54.4 Å². The maximum atomic E-state index is 13.5. The van der Waals surface area contributed by atoms with Gasteiger partial charge in [0, 0.05) is 11.1 Å². The maximum Gasteiger partial charge on any atom is 0.266 e. The lowest BCUT2D eigenvalue weighted by Gasteiger charge is -2.16. The fraction of sp³-hybridized carbons (Fsp3) is 0.280. The van der Waals surface area contributed by atoms with Gasteiger partial charge in [0.1, 0.15) is 5.82 Å². The van der Waals surface area contributed by atoms with E-state index in [1.165, 1.54) is 24.6 Å². The van der Waals surface area contributed by atoms with Crippen LogP contribution in [0.4, 0.5) is 5.82 Å². The number of fused-ring (bicyclic) bond motifs is 1. The zero-order valence-electron chi connectivity index (χ0n) is 18.7. The molecule has 0 unspecified atom stereocenters. The van der Waals surface area contributed by atoms with E-state index < -0.39 is 0 Å². The maximum absolute atomic E-state index is 13.5. The first-order chi connectivity index (χ1) is 16.5. The SMILES string of the molecule is Cc1c(Cl)cccc1-n1c(SCC(=O)Nc2ccnn2C2CCCC2)nc2ccccc2c1=O. The van der Waals surface area contributed by atoms with E-state index in [0.717, 1.165) is 18.4 Å². The van der Waals surface area contributed by atoms with Crippen LogP contribution in [-0.4, -0.2) is 31.0 Å². The van der Waals surface area contributed by atoms with Crippen molar-refractivity contribution in [2.75, 3.05) is 11.1 Å². The number of amides is 1. The Labute approximate surface area is 206 Å². The predicted octanol–water partition coefficient (Wildman–Crippen LogP) is 5.39. The van der Waals surface area contributed by atoms with Crippen LogP contribution < -0.4 is 10.9 Å². The number of hydrogen-bond acceptors (Lipinski definition) is 5. The summed E-state index contributed by atoms with van der Waals surface area (Å²) in [5.41, 5.74) is 1.82. The summed E-state index contributed by atoms with van der Waals surface area (Å²) in [6, 6.07) is 14.8. The normalized spacial score (nSPS) is 14.1. The Kier molecular flexibility index (Phi) is 6.43. The van der Waals surface area contributed by atoms with Crippen molar-refractivity contribution >= 4 is 46.0 Å². The highest BCUT2D eigenvalue weighted by molar-refractivity contribution is 7.99. The van der Waals surface area contributed by atoms with Crippen LogP contribution in [-0.2, 0) is 4.79 Å². The van der Waals surface area contributed by atoms with Crippen LogP contribution in [0.15, 0.2) is 64.7 Å².